The number of fused-ring (bicyclic) bond motifs is 5. The lowest BCUT2D eigenvalue weighted by Crippen LogP contribution is -2.43. The number of nitrogens with one attached hydrogen (secondary N) is 1. The molecule has 3 heterocycles. The molecule has 8 nitrogen and oxygen atoms in total. The maximum Gasteiger partial charge on any atom is 0.231 e. The predicted molar refractivity (Wildman–Crippen MR) is 136 cm³/mol. The molecule has 0 radical (unpaired) electrons. The Balaban J connectivity index is 1.37. The van der Waals surface area contributed by atoms with Crippen molar-refractivity contribution in [1.82, 2.24) is 10.2 Å². The molecule has 3 aliphatic heterocycles. The maximum atomic E-state index is 13.3. The zero-order valence-corrected chi connectivity index (χ0v) is 21.0. The van der Waals surface area contributed by atoms with E-state index in [2.05, 4.69) is 28.4 Å². The van der Waals surface area contributed by atoms with E-state index in [-0.39, 0.29) is 30.4 Å². The summed E-state index contributed by atoms with van der Waals surface area (Å²) < 4.78 is 22.7. The first-order chi connectivity index (χ1) is 18.1. The maximum absolute atomic E-state index is 13.3. The topological polar surface area (TPSA) is 89.5 Å². The van der Waals surface area contributed by atoms with Gasteiger partial charge in [-0.25, -0.2) is 0 Å². The number of hydrogen-bond acceptors (Lipinski definition) is 7. The number of benzene rings is 3. The van der Waals surface area contributed by atoms with Crippen LogP contribution in [-0.2, 0) is 24.3 Å². The van der Waals surface area contributed by atoms with Crippen LogP contribution in [0.2, 0.25) is 0 Å². The highest BCUT2D eigenvalue weighted by Crippen LogP contribution is 2.52. The smallest absolute Gasteiger partial charge is 0.231 e. The number of aromatic hydroxyl groups is 1. The van der Waals surface area contributed by atoms with Gasteiger partial charge >= 0.3 is 0 Å². The van der Waals surface area contributed by atoms with Gasteiger partial charge in [-0.2, -0.15) is 0 Å². The molecule has 0 aliphatic carbocycles. The fraction of sp³-hybridized carbons (Fsp3) is 0.345. The van der Waals surface area contributed by atoms with Crippen LogP contribution in [0.3, 0.4) is 0 Å². The Bertz CT molecular complexity index is 1340. The molecule has 0 bridgehead atoms. The summed E-state index contributed by atoms with van der Waals surface area (Å²) in [6.07, 6.45) is 1.21. The third-order valence-corrected chi connectivity index (χ3v) is 7.67. The summed E-state index contributed by atoms with van der Waals surface area (Å²) in [4.78, 5) is 15.8. The molecule has 1 amide bonds. The van der Waals surface area contributed by atoms with Crippen molar-refractivity contribution in [2.45, 2.75) is 37.9 Å². The molecular weight excluding hydrogens is 472 g/mol. The van der Waals surface area contributed by atoms with Gasteiger partial charge in [-0.05, 0) is 59.0 Å². The van der Waals surface area contributed by atoms with Crippen molar-refractivity contribution in [3.8, 4) is 28.7 Å². The molecule has 0 saturated heterocycles. The van der Waals surface area contributed by atoms with E-state index in [1.54, 1.807) is 26.4 Å². The van der Waals surface area contributed by atoms with Gasteiger partial charge in [0.1, 0.15) is 5.75 Å². The van der Waals surface area contributed by atoms with E-state index < -0.39 is 0 Å². The van der Waals surface area contributed by atoms with Crippen molar-refractivity contribution in [1.29, 1.82) is 0 Å². The standard InChI is InChI=1S/C29H30N2O6/c1-34-24-8-7-20-22(13-27(33)30-14-17-3-5-19(32)6-4-17)28-21-12-26-25(36-16-37-26)11-18(21)9-10-31(28)15-23(20)29(24)35-2/h3-8,11-12,22,28,32H,9-10,13-16H2,1-2H3,(H,30,33). The zero-order valence-electron chi connectivity index (χ0n) is 21.0. The SMILES string of the molecule is COc1ccc2c(c1OC)CN1CCc3cc4c(cc3C1C2CC(=O)NCc1ccc(O)cc1)OCO4. The molecule has 0 aromatic heterocycles. The fourth-order valence-corrected chi connectivity index (χ4v) is 5.94. The lowest BCUT2D eigenvalue weighted by Gasteiger charge is -2.46. The first kappa shape index (κ1) is 23.5. The first-order valence-corrected chi connectivity index (χ1v) is 12.5. The molecule has 192 valence electrons. The van der Waals surface area contributed by atoms with Crippen LogP contribution in [0.4, 0.5) is 0 Å². The van der Waals surface area contributed by atoms with Gasteiger partial charge in [0.25, 0.3) is 0 Å². The number of amides is 1. The Morgan fingerprint density at radius 1 is 1.05 bits per heavy atom. The molecule has 6 rings (SSSR count). The normalized spacial score (nSPS) is 19.4. The number of carbonyl (C=O) groups excluding carboxylic acids is 1. The van der Waals surface area contributed by atoms with Gasteiger partial charge in [0.2, 0.25) is 12.7 Å². The molecule has 3 aromatic rings. The summed E-state index contributed by atoms with van der Waals surface area (Å²) in [5.41, 5.74) is 5.53. The van der Waals surface area contributed by atoms with Crippen molar-refractivity contribution < 1.29 is 28.8 Å². The number of methoxy groups -OCH3 is 2. The number of ether oxygens (including phenoxy) is 4. The Morgan fingerprint density at radius 2 is 1.84 bits per heavy atom. The Morgan fingerprint density at radius 3 is 2.59 bits per heavy atom. The van der Waals surface area contributed by atoms with E-state index in [1.165, 1.54) is 11.1 Å². The Kier molecular flexibility index (Phi) is 6.04. The average molecular weight is 503 g/mol. The molecule has 37 heavy (non-hydrogen) atoms. The van der Waals surface area contributed by atoms with E-state index in [0.717, 1.165) is 46.9 Å². The van der Waals surface area contributed by atoms with Crippen LogP contribution in [0.25, 0.3) is 0 Å². The lowest BCUT2D eigenvalue weighted by molar-refractivity contribution is -0.122. The second-order valence-electron chi connectivity index (χ2n) is 9.69. The van der Waals surface area contributed by atoms with Crippen molar-refractivity contribution in [2.75, 3.05) is 27.6 Å². The van der Waals surface area contributed by atoms with Crippen LogP contribution in [0.15, 0.2) is 48.5 Å². The van der Waals surface area contributed by atoms with Gasteiger partial charge in [0.05, 0.1) is 14.2 Å². The van der Waals surface area contributed by atoms with Gasteiger partial charge in [0.15, 0.2) is 23.0 Å². The molecule has 0 fully saturated rings. The highest BCUT2D eigenvalue weighted by molar-refractivity contribution is 5.77. The van der Waals surface area contributed by atoms with Gasteiger partial charge in [-0.1, -0.05) is 18.2 Å². The molecule has 2 N–H and O–H groups in total. The number of hydrogen-bond donors (Lipinski definition) is 2. The van der Waals surface area contributed by atoms with Crippen molar-refractivity contribution in [3.63, 3.8) is 0 Å². The minimum absolute atomic E-state index is 0.0169. The van der Waals surface area contributed by atoms with Crippen LogP contribution in [0.1, 0.15) is 46.2 Å². The van der Waals surface area contributed by atoms with Gasteiger partial charge in [-0.15, -0.1) is 0 Å². The zero-order chi connectivity index (χ0) is 25.5. The Labute approximate surface area is 215 Å². The van der Waals surface area contributed by atoms with Crippen molar-refractivity contribution >= 4 is 5.91 Å². The summed E-state index contributed by atoms with van der Waals surface area (Å²) in [6, 6.07) is 15.1. The summed E-state index contributed by atoms with van der Waals surface area (Å²) in [6.45, 7) is 2.20. The fourth-order valence-electron chi connectivity index (χ4n) is 5.94. The van der Waals surface area contributed by atoms with Gasteiger partial charge in [0, 0.05) is 43.6 Å². The summed E-state index contributed by atoms with van der Waals surface area (Å²) >= 11 is 0. The number of nitrogens with zero attached hydrogens (tertiary/aromatic N) is 1. The highest BCUT2D eigenvalue weighted by atomic mass is 16.7. The number of phenols is 1. The monoisotopic (exact) mass is 502 g/mol. The number of carbonyl (C=O) groups is 1. The molecule has 3 aliphatic rings. The lowest BCUT2D eigenvalue weighted by atomic mass is 9.74. The summed E-state index contributed by atoms with van der Waals surface area (Å²) in [5, 5.41) is 12.6. The second-order valence-corrected chi connectivity index (χ2v) is 9.69. The first-order valence-electron chi connectivity index (χ1n) is 12.5. The number of rotatable bonds is 6. The van der Waals surface area contributed by atoms with E-state index in [9.17, 15) is 9.90 Å². The third-order valence-electron chi connectivity index (χ3n) is 7.67. The van der Waals surface area contributed by atoms with Crippen LogP contribution >= 0.6 is 0 Å². The van der Waals surface area contributed by atoms with Gasteiger partial charge in [-0.3, -0.25) is 9.69 Å². The molecule has 0 saturated carbocycles. The van der Waals surface area contributed by atoms with E-state index >= 15 is 0 Å². The minimum atomic E-state index is -0.0946. The Hall–Kier alpha value is -3.91. The van der Waals surface area contributed by atoms with Crippen LogP contribution in [0, 0.1) is 0 Å². The quantitative estimate of drug-likeness (QED) is 0.526. The minimum Gasteiger partial charge on any atom is -0.508 e. The molecule has 0 spiro atoms. The predicted octanol–water partition coefficient (Wildman–Crippen LogP) is 4.04. The summed E-state index contributed by atoms with van der Waals surface area (Å²) in [7, 11) is 3.31. The summed E-state index contributed by atoms with van der Waals surface area (Å²) in [5.74, 6) is 3.04. The van der Waals surface area contributed by atoms with Crippen LogP contribution < -0.4 is 24.3 Å². The molecule has 2 unspecified atom stereocenters. The van der Waals surface area contributed by atoms with E-state index in [1.807, 2.05) is 18.2 Å². The molecular formula is C29H30N2O6. The largest absolute Gasteiger partial charge is 0.508 e. The van der Waals surface area contributed by atoms with E-state index in [4.69, 9.17) is 18.9 Å². The molecule has 3 aromatic carbocycles. The van der Waals surface area contributed by atoms with Crippen LogP contribution in [0.5, 0.6) is 28.7 Å². The molecule has 2 atom stereocenters. The van der Waals surface area contributed by atoms with Crippen LogP contribution in [-0.4, -0.2) is 43.5 Å². The van der Waals surface area contributed by atoms with Crippen molar-refractivity contribution in [2.24, 2.45) is 0 Å². The molecule has 8 heteroatoms. The van der Waals surface area contributed by atoms with Gasteiger partial charge < -0.3 is 29.4 Å². The highest BCUT2D eigenvalue weighted by Gasteiger charge is 2.42. The second kappa shape index (κ2) is 9.52. The van der Waals surface area contributed by atoms with E-state index in [0.29, 0.717) is 25.3 Å². The third kappa shape index (κ3) is 4.21. The average Bonchev–Trinajstić information content (AvgIpc) is 3.38. The number of phenolic OH excluding ortho intramolecular Hbond substituents is 1. The van der Waals surface area contributed by atoms with Crippen molar-refractivity contribution in [3.05, 3.63) is 76.3 Å².